The quantitative estimate of drug-likeness (QED) is 0.605. The Morgan fingerprint density at radius 2 is 1.61 bits per heavy atom. The van der Waals surface area contributed by atoms with Crippen molar-refractivity contribution in [2.45, 2.75) is 32.0 Å². The monoisotopic (exact) mass is 320 g/mol. The number of rotatable bonds is 4. The summed E-state index contributed by atoms with van der Waals surface area (Å²) in [7, 11) is 0. The van der Waals surface area contributed by atoms with Crippen LogP contribution in [0.5, 0.6) is 0 Å². The third-order valence-corrected chi connectivity index (χ3v) is 5.65. The van der Waals surface area contributed by atoms with Crippen LogP contribution in [0.15, 0.2) is 66.0 Å². The van der Waals surface area contributed by atoms with Crippen LogP contribution in [0.1, 0.15) is 46.9 Å². The molecule has 0 amide bonds. The number of hydrogen-bond donors (Lipinski definition) is 0. The van der Waals surface area contributed by atoms with E-state index in [1.165, 1.54) is 16.1 Å². The van der Waals surface area contributed by atoms with Gasteiger partial charge in [-0.25, -0.2) is 4.98 Å². The first kappa shape index (κ1) is 14.6. The second-order valence-electron chi connectivity index (χ2n) is 6.16. The van der Waals surface area contributed by atoms with Gasteiger partial charge in [-0.2, -0.15) is 0 Å². The number of aromatic nitrogens is 1. The topological polar surface area (TPSA) is 15.9 Å². The summed E-state index contributed by atoms with van der Waals surface area (Å²) in [6.45, 7) is 4.37. The molecule has 0 N–H and O–H groups in total. The lowest BCUT2D eigenvalue weighted by molar-refractivity contribution is 0.386. The second-order valence-corrected chi connectivity index (χ2v) is 7.05. The maximum absolute atomic E-state index is 4.75. The molecule has 1 fully saturated rings. The Morgan fingerprint density at radius 1 is 0.957 bits per heavy atom. The highest BCUT2D eigenvalue weighted by Gasteiger charge is 2.53. The molecular formula is C20H20N2S. The van der Waals surface area contributed by atoms with Crippen molar-refractivity contribution < 1.29 is 0 Å². The fraction of sp³-hybridized carbons (Fsp3) is 0.250. The molecule has 23 heavy (non-hydrogen) atoms. The minimum atomic E-state index is 0.385. The molecule has 0 spiro atoms. The molecule has 2 aromatic carbocycles. The molecule has 0 aliphatic carbocycles. The van der Waals surface area contributed by atoms with Gasteiger partial charge in [-0.05, 0) is 25.0 Å². The largest absolute Gasteiger partial charge is 0.276 e. The first-order valence-electron chi connectivity index (χ1n) is 8.05. The number of benzene rings is 2. The Hall–Kier alpha value is -1.97. The Bertz CT molecular complexity index is 782. The molecule has 2 nitrogen and oxygen atoms in total. The molecule has 4 atom stereocenters. The molecule has 3 heteroatoms. The van der Waals surface area contributed by atoms with Gasteiger partial charge in [-0.3, -0.25) is 4.90 Å². The summed E-state index contributed by atoms with van der Waals surface area (Å²) < 4.78 is 0. The highest BCUT2D eigenvalue weighted by atomic mass is 32.1. The van der Waals surface area contributed by atoms with E-state index >= 15 is 0 Å². The summed E-state index contributed by atoms with van der Waals surface area (Å²) in [5, 5.41) is 3.39. The fourth-order valence-corrected chi connectivity index (χ4v) is 4.34. The smallest absolute Gasteiger partial charge is 0.112 e. The summed E-state index contributed by atoms with van der Waals surface area (Å²) >= 11 is 1.78. The molecule has 1 aliphatic heterocycles. The van der Waals surface area contributed by atoms with Gasteiger partial charge in [-0.1, -0.05) is 60.7 Å². The molecule has 3 aromatic rings. The van der Waals surface area contributed by atoms with Gasteiger partial charge < -0.3 is 0 Å². The lowest BCUT2D eigenvalue weighted by Crippen LogP contribution is -2.07. The minimum absolute atomic E-state index is 0.385. The van der Waals surface area contributed by atoms with Crippen molar-refractivity contribution in [2.75, 3.05) is 0 Å². The van der Waals surface area contributed by atoms with Crippen molar-refractivity contribution in [1.29, 1.82) is 0 Å². The summed E-state index contributed by atoms with van der Waals surface area (Å²) in [5.74, 6) is 0. The van der Waals surface area contributed by atoms with E-state index in [0.717, 1.165) is 5.69 Å². The average molecular weight is 320 g/mol. The van der Waals surface area contributed by atoms with Crippen molar-refractivity contribution in [3.8, 4) is 0 Å². The van der Waals surface area contributed by atoms with Gasteiger partial charge in [0.05, 0.1) is 12.1 Å². The maximum Gasteiger partial charge on any atom is 0.112 e. The van der Waals surface area contributed by atoms with Crippen molar-refractivity contribution in [3.63, 3.8) is 0 Å². The van der Waals surface area contributed by atoms with Gasteiger partial charge in [0.1, 0.15) is 5.01 Å². The van der Waals surface area contributed by atoms with E-state index in [9.17, 15) is 0 Å². The van der Waals surface area contributed by atoms with Crippen LogP contribution in [0.2, 0.25) is 0 Å². The number of nitrogens with zero attached hydrogens (tertiary/aromatic N) is 2. The molecule has 0 radical (unpaired) electrons. The van der Waals surface area contributed by atoms with Crippen LogP contribution in [0.4, 0.5) is 0 Å². The molecule has 2 heterocycles. The third kappa shape index (κ3) is 2.71. The van der Waals surface area contributed by atoms with Crippen LogP contribution in [0.3, 0.4) is 0 Å². The van der Waals surface area contributed by atoms with E-state index in [1.54, 1.807) is 11.3 Å². The van der Waals surface area contributed by atoms with Gasteiger partial charge in [0.15, 0.2) is 0 Å². The SMILES string of the molecule is Cc1csc([C@@H]2[C@H](c3ccccc3)N2[C@H](C)c2ccccc2)n1. The normalized spacial score (nSPS) is 24.3. The fourth-order valence-electron chi connectivity index (χ4n) is 3.41. The Kier molecular flexibility index (Phi) is 3.76. The molecule has 1 aromatic heterocycles. The first-order chi connectivity index (χ1) is 11.3. The summed E-state index contributed by atoms with van der Waals surface area (Å²) in [4.78, 5) is 7.32. The number of hydrogen-bond acceptors (Lipinski definition) is 3. The van der Waals surface area contributed by atoms with Crippen LogP contribution in [0.25, 0.3) is 0 Å². The summed E-state index contributed by atoms with van der Waals surface area (Å²) in [6.07, 6.45) is 0. The van der Waals surface area contributed by atoms with Crippen LogP contribution in [0, 0.1) is 6.92 Å². The standard InChI is InChI=1S/C20H20N2S/c1-14-13-23-20(21-14)19-18(17-11-7-4-8-12-17)22(19)15(2)16-9-5-3-6-10-16/h3-13,15,18-19H,1-2H3/t15-,18+,19+,22?/m1/s1. The molecule has 116 valence electrons. The van der Waals surface area contributed by atoms with Crippen LogP contribution >= 0.6 is 11.3 Å². The van der Waals surface area contributed by atoms with Gasteiger partial charge >= 0.3 is 0 Å². The number of aryl methyl sites for hydroxylation is 1. The molecule has 0 bridgehead atoms. The van der Waals surface area contributed by atoms with Crippen molar-refractivity contribution in [2.24, 2.45) is 0 Å². The van der Waals surface area contributed by atoms with Gasteiger partial charge in [0, 0.05) is 17.1 Å². The zero-order chi connectivity index (χ0) is 15.8. The molecule has 1 saturated heterocycles. The lowest BCUT2D eigenvalue weighted by atomic mass is 10.1. The predicted octanol–water partition coefficient (Wildman–Crippen LogP) is 5.31. The van der Waals surface area contributed by atoms with Crippen LogP contribution < -0.4 is 0 Å². The van der Waals surface area contributed by atoms with E-state index in [-0.39, 0.29) is 0 Å². The molecule has 0 saturated carbocycles. The predicted molar refractivity (Wildman–Crippen MR) is 95.5 cm³/mol. The van der Waals surface area contributed by atoms with Crippen molar-refractivity contribution in [1.82, 2.24) is 9.88 Å². The van der Waals surface area contributed by atoms with Crippen molar-refractivity contribution in [3.05, 3.63) is 87.9 Å². The number of thiazole rings is 1. The second kappa shape index (κ2) is 5.91. The molecular weight excluding hydrogens is 300 g/mol. The van der Waals surface area contributed by atoms with E-state index < -0.39 is 0 Å². The summed E-state index contributed by atoms with van der Waals surface area (Å²) in [5.41, 5.74) is 3.87. The Morgan fingerprint density at radius 3 is 2.22 bits per heavy atom. The highest BCUT2D eigenvalue weighted by Crippen LogP contribution is 2.59. The van der Waals surface area contributed by atoms with Gasteiger partial charge in [0.2, 0.25) is 0 Å². The minimum Gasteiger partial charge on any atom is -0.276 e. The average Bonchev–Trinajstić information content (AvgIpc) is 3.21. The van der Waals surface area contributed by atoms with Crippen LogP contribution in [-0.4, -0.2) is 9.88 Å². The Labute approximate surface area is 141 Å². The van der Waals surface area contributed by atoms with E-state index in [1.807, 2.05) is 0 Å². The zero-order valence-corrected chi connectivity index (χ0v) is 14.2. The molecule has 1 aliphatic rings. The van der Waals surface area contributed by atoms with E-state index in [2.05, 4.69) is 84.8 Å². The molecule has 1 unspecified atom stereocenters. The van der Waals surface area contributed by atoms with E-state index in [0.29, 0.717) is 18.1 Å². The van der Waals surface area contributed by atoms with Gasteiger partial charge in [-0.15, -0.1) is 11.3 Å². The first-order valence-corrected chi connectivity index (χ1v) is 8.93. The van der Waals surface area contributed by atoms with Crippen LogP contribution in [-0.2, 0) is 0 Å². The Balaban J connectivity index is 1.68. The molecule has 4 rings (SSSR count). The lowest BCUT2D eigenvalue weighted by Gasteiger charge is -2.15. The summed E-state index contributed by atoms with van der Waals surface area (Å²) in [6, 6.07) is 22.8. The van der Waals surface area contributed by atoms with Gasteiger partial charge in [0.25, 0.3) is 0 Å². The third-order valence-electron chi connectivity index (χ3n) is 4.61. The van der Waals surface area contributed by atoms with Crippen molar-refractivity contribution >= 4 is 11.3 Å². The highest BCUT2D eigenvalue weighted by molar-refractivity contribution is 7.09. The maximum atomic E-state index is 4.75. The van der Waals surface area contributed by atoms with E-state index in [4.69, 9.17) is 4.98 Å². The zero-order valence-electron chi connectivity index (χ0n) is 13.4.